The Morgan fingerprint density at radius 2 is 2.22 bits per heavy atom. The van der Waals surface area contributed by atoms with Gasteiger partial charge in [-0.1, -0.05) is 15.9 Å². The molecule has 0 atom stereocenters. The molecule has 2 N–H and O–H groups in total. The van der Waals surface area contributed by atoms with E-state index >= 15 is 0 Å². The molecule has 0 amide bonds. The van der Waals surface area contributed by atoms with Crippen molar-refractivity contribution in [1.29, 1.82) is 0 Å². The summed E-state index contributed by atoms with van der Waals surface area (Å²) in [6, 6.07) is 5.21. The van der Waals surface area contributed by atoms with Crippen LogP contribution in [0.2, 0.25) is 0 Å². The van der Waals surface area contributed by atoms with Crippen molar-refractivity contribution in [3.63, 3.8) is 0 Å². The zero-order chi connectivity index (χ0) is 12.9. The summed E-state index contributed by atoms with van der Waals surface area (Å²) in [4.78, 5) is 29.0. The van der Waals surface area contributed by atoms with Gasteiger partial charge in [0, 0.05) is 9.86 Å². The topological polar surface area (TPSA) is 100 Å². The van der Waals surface area contributed by atoms with Gasteiger partial charge in [0.15, 0.2) is 5.65 Å². The highest BCUT2D eigenvalue weighted by molar-refractivity contribution is 9.10. The monoisotopic (exact) mass is 308 g/mol. The smallest absolute Gasteiger partial charge is 0.375 e. The number of rotatable bonds is 1. The maximum atomic E-state index is 11.7. The van der Waals surface area contributed by atoms with E-state index in [2.05, 4.69) is 31.0 Å². The van der Waals surface area contributed by atoms with E-state index in [0.717, 1.165) is 8.99 Å². The van der Waals surface area contributed by atoms with Crippen molar-refractivity contribution in [1.82, 2.24) is 19.6 Å². The lowest BCUT2D eigenvalue weighted by atomic mass is 10.2. The summed E-state index contributed by atoms with van der Waals surface area (Å²) in [5, 5.41) is 13.1. The number of aromatic nitrogens is 4. The van der Waals surface area contributed by atoms with Crippen LogP contribution in [0, 0.1) is 0 Å². The predicted molar refractivity (Wildman–Crippen MR) is 65.8 cm³/mol. The van der Waals surface area contributed by atoms with Gasteiger partial charge in [-0.05, 0) is 18.2 Å². The van der Waals surface area contributed by atoms with Gasteiger partial charge in [-0.2, -0.15) is 4.52 Å². The average molecular weight is 309 g/mol. The molecule has 0 aliphatic heterocycles. The number of nitrogens with one attached hydrogen (secondary N) is 1. The summed E-state index contributed by atoms with van der Waals surface area (Å²) in [7, 11) is 0. The first-order chi connectivity index (χ1) is 8.56. The number of halogens is 1. The van der Waals surface area contributed by atoms with E-state index in [0.29, 0.717) is 10.9 Å². The molecular weight excluding hydrogens is 304 g/mol. The van der Waals surface area contributed by atoms with Crippen LogP contribution in [0.15, 0.2) is 27.5 Å². The van der Waals surface area contributed by atoms with Gasteiger partial charge in [-0.3, -0.25) is 0 Å². The molecule has 0 fully saturated rings. The number of hydrogen-bond donors (Lipinski definition) is 2. The number of nitrogens with zero attached hydrogens (tertiary/aromatic N) is 3. The quantitative estimate of drug-likeness (QED) is 0.699. The largest absolute Gasteiger partial charge is 0.475 e. The van der Waals surface area contributed by atoms with E-state index in [1.807, 2.05) is 0 Å². The van der Waals surface area contributed by atoms with Crippen molar-refractivity contribution >= 4 is 38.4 Å². The number of carbonyl (C=O) groups is 1. The van der Waals surface area contributed by atoms with E-state index in [9.17, 15) is 9.59 Å². The van der Waals surface area contributed by atoms with E-state index < -0.39 is 17.5 Å². The number of carboxylic acids is 1. The SMILES string of the molecule is O=C(O)c1nc2c3cc(Br)ccc3[nH]c(=O)n2n1. The van der Waals surface area contributed by atoms with Crippen molar-refractivity contribution in [3.05, 3.63) is 39.0 Å². The fraction of sp³-hybridized carbons (Fsp3) is 0. The minimum atomic E-state index is -1.28. The number of aromatic amines is 1. The highest BCUT2D eigenvalue weighted by Gasteiger charge is 2.15. The van der Waals surface area contributed by atoms with Crippen LogP contribution >= 0.6 is 15.9 Å². The van der Waals surface area contributed by atoms with Crippen molar-refractivity contribution in [2.24, 2.45) is 0 Å². The molecule has 1 aromatic carbocycles. The molecule has 7 nitrogen and oxygen atoms in total. The second kappa shape index (κ2) is 3.64. The molecule has 3 aromatic rings. The Labute approximate surface area is 107 Å². The van der Waals surface area contributed by atoms with Crippen molar-refractivity contribution in [2.75, 3.05) is 0 Å². The van der Waals surface area contributed by atoms with Crippen molar-refractivity contribution < 1.29 is 9.90 Å². The van der Waals surface area contributed by atoms with Gasteiger partial charge >= 0.3 is 11.7 Å². The van der Waals surface area contributed by atoms with Crippen LogP contribution in [-0.2, 0) is 0 Å². The fourth-order valence-corrected chi connectivity index (χ4v) is 2.06. The Balaban J connectivity index is 2.55. The molecule has 0 spiro atoms. The maximum Gasteiger partial charge on any atom is 0.375 e. The Morgan fingerprint density at radius 3 is 2.94 bits per heavy atom. The second-order valence-corrected chi connectivity index (χ2v) is 4.51. The Hall–Kier alpha value is -2.22. The van der Waals surface area contributed by atoms with Gasteiger partial charge in [0.25, 0.3) is 5.82 Å². The van der Waals surface area contributed by atoms with Gasteiger partial charge in [0.1, 0.15) is 0 Å². The molecule has 0 unspecified atom stereocenters. The second-order valence-electron chi connectivity index (χ2n) is 3.60. The molecular formula is C10H5BrN4O3. The van der Waals surface area contributed by atoms with Gasteiger partial charge < -0.3 is 10.1 Å². The maximum absolute atomic E-state index is 11.7. The summed E-state index contributed by atoms with van der Waals surface area (Å²) in [5.74, 6) is -1.69. The molecule has 2 heterocycles. The summed E-state index contributed by atoms with van der Waals surface area (Å²) >= 11 is 3.31. The van der Waals surface area contributed by atoms with Crippen molar-refractivity contribution in [2.45, 2.75) is 0 Å². The first-order valence-electron chi connectivity index (χ1n) is 4.88. The number of aromatic carboxylic acids is 1. The van der Waals surface area contributed by atoms with Gasteiger partial charge in [0.05, 0.1) is 5.52 Å². The molecule has 0 saturated heterocycles. The lowest BCUT2D eigenvalue weighted by Crippen LogP contribution is -2.17. The van der Waals surface area contributed by atoms with E-state index in [1.54, 1.807) is 18.2 Å². The number of carboxylic acid groups (broad SMARTS) is 1. The summed E-state index contributed by atoms with van der Waals surface area (Å²) in [5.41, 5.74) is 0.257. The number of fused-ring (bicyclic) bond motifs is 3. The van der Waals surface area contributed by atoms with E-state index in [4.69, 9.17) is 5.11 Å². The molecule has 0 bridgehead atoms. The summed E-state index contributed by atoms with van der Waals surface area (Å²) in [6.07, 6.45) is 0. The molecule has 90 valence electrons. The molecule has 3 rings (SSSR count). The zero-order valence-corrected chi connectivity index (χ0v) is 10.3. The van der Waals surface area contributed by atoms with Crippen LogP contribution in [0.4, 0.5) is 0 Å². The molecule has 2 aromatic heterocycles. The minimum absolute atomic E-state index is 0.215. The van der Waals surface area contributed by atoms with Crippen LogP contribution in [0.1, 0.15) is 10.6 Å². The fourth-order valence-electron chi connectivity index (χ4n) is 1.70. The molecule has 18 heavy (non-hydrogen) atoms. The summed E-state index contributed by atoms with van der Waals surface area (Å²) in [6.45, 7) is 0. The minimum Gasteiger partial charge on any atom is -0.475 e. The molecule has 0 radical (unpaired) electrons. The number of H-pyrrole nitrogens is 1. The Bertz CT molecular complexity index is 851. The highest BCUT2D eigenvalue weighted by atomic mass is 79.9. The number of benzene rings is 1. The average Bonchev–Trinajstić information content (AvgIpc) is 2.76. The predicted octanol–water partition coefficient (Wildman–Crippen LogP) is 1.03. The van der Waals surface area contributed by atoms with Crippen LogP contribution < -0.4 is 5.69 Å². The molecule has 0 aliphatic carbocycles. The van der Waals surface area contributed by atoms with Gasteiger partial charge in [-0.15, -0.1) is 5.10 Å². The summed E-state index contributed by atoms with van der Waals surface area (Å²) < 4.78 is 1.74. The van der Waals surface area contributed by atoms with E-state index in [-0.39, 0.29) is 5.65 Å². The third kappa shape index (κ3) is 1.50. The van der Waals surface area contributed by atoms with Gasteiger partial charge in [0.2, 0.25) is 0 Å². The van der Waals surface area contributed by atoms with Crippen LogP contribution in [0.25, 0.3) is 16.6 Å². The van der Waals surface area contributed by atoms with Crippen molar-refractivity contribution in [3.8, 4) is 0 Å². The molecule has 8 heteroatoms. The Morgan fingerprint density at radius 1 is 1.44 bits per heavy atom. The van der Waals surface area contributed by atoms with Crippen LogP contribution in [-0.4, -0.2) is 30.7 Å². The number of hydrogen-bond acceptors (Lipinski definition) is 4. The zero-order valence-electron chi connectivity index (χ0n) is 8.72. The highest BCUT2D eigenvalue weighted by Crippen LogP contribution is 2.20. The third-order valence-electron chi connectivity index (χ3n) is 2.45. The van der Waals surface area contributed by atoms with E-state index in [1.165, 1.54) is 0 Å². The third-order valence-corrected chi connectivity index (χ3v) is 2.95. The van der Waals surface area contributed by atoms with Crippen LogP contribution in [0.3, 0.4) is 0 Å². The lowest BCUT2D eigenvalue weighted by molar-refractivity contribution is 0.0684. The lowest BCUT2D eigenvalue weighted by Gasteiger charge is -1.99. The molecule has 0 aliphatic rings. The first kappa shape index (κ1) is 10.9. The van der Waals surface area contributed by atoms with Gasteiger partial charge in [-0.25, -0.2) is 14.6 Å². The Kier molecular flexibility index (Phi) is 2.20. The van der Waals surface area contributed by atoms with Crippen LogP contribution in [0.5, 0.6) is 0 Å². The first-order valence-corrected chi connectivity index (χ1v) is 5.67. The standard InChI is InChI=1S/C10H5BrN4O3/c11-4-1-2-6-5(3-4)8-13-7(9(16)17)14-15(8)10(18)12-6/h1-3H,(H,12,18)(H,16,17). The normalized spacial score (nSPS) is 11.2. The molecule has 0 saturated carbocycles.